The van der Waals surface area contributed by atoms with Gasteiger partial charge in [-0.05, 0) is 68.2 Å². The number of hydrogen-bond acceptors (Lipinski definition) is 5. The van der Waals surface area contributed by atoms with E-state index in [2.05, 4.69) is 16.5 Å². The third-order valence-electron chi connectivity index (χ3n) is 5.21. The third-order valence-corrected chi connectivity index (χ3v) is 5.21. The molecular formula is C21H24N2O3. The molecule has 1 aromatic carbocycles. The SMILES string of the molecule is C=CC(=O)c1nc(CC2CCC(c3ccc(O)cc3)CC2)nc(C)c1O. The zero-order chi connectivity index (χ0) is 18.7. The van der Waals surface area contributed by atoms with Crippen LogP contribution in [0.4, 0.5) is 0 Å². The number of benzene rings is 1. The molecule has 1 aromatic heterocycles. The van der Waals surface area contributed by atoms with Crippen LogP contribution in [-0.2, 0) is 6.42 Å². The van der Waals surface area contributed by atoms with Crippen LogP contribution in [0.25, 0.3) is 0 Å². The molecule has 1 fully saturated rings. The summed E-state index contributed by atoms with van der Waals surface area (Å²) in [4.78, 5) is 20.5. The van der Waals surface area contributed by atoms with E-state index in [0.717, 1.165) is 31.8 Å². The highest BCUT2D eigenvalue weighted by molar-refractivity contribution is 6.04. The molecule has 0 spiro atoms. The number of nitrogens with zero attached hydrogens (tertiary/aromatic N) is 2. The van der Waals surface area contributed by atoms with Crippen molar-refractivity contribution in [2.24, 2.45) is 5.92 Å². The van der Waals surface area contributed by atoms with E-state index in [4.69, 9.17) is 0 Å². The molecule has 5 heteroatoms. The van der Waals surface area contributed by atoms with E-state index in [0.29, 0.717) is 35.5 Å². The zero-order valence-corrected chi connectivity index (χ0v) is 15.0. The highest BCUT2D eigenvalue weighted by atomic mass is 16.3. The van der Waals surface area contributed by atoms with Crippen molar-refractivity contribution in [3.63, 3.8) is 0 Å². The first-order valence-corrected chi connectivity index (χ1v) is 9.00. The molecule has 0 aliphatic heterocycles. The van der Waals surface area contributed by atoms with Gasteiger partial charge in [0, 0.05) is 6.42 Å². The van der Waals surface area contributed by atoms with Crippen LogP contribution in [-0.4, -0.2) is 26.0 Å². The van der Waals surface area contributed by atoms with Gasteiger partial charge in [0.25, 0.3) is 0 Å². The Morgan fingerprint density at radius 2 is 1.81 bits per heavy atom. The average Bonchev–Trinajstić information content (AvgIpc) is 2.65. The Balaban J connectivity index is 1.66. The number of hydrogen-bond donors (Lipinski definition) is 2. The van der Waals surface area contributed by atoms with E-state index in [-0.39, 0.29) is 17.2 Å². The summed E-state index contributed by atoms with van der Waals surface area (Å²) in [6.07, 6.45) is 6.18. The van der Waals surface area contributed by atoms with Crippen molar-refractivity contribution in [1.29, 1.82) is 0 Å². The van der Waals surface area contributed by atoms with Crippen LogP contribution >= 0.6 is 0 Å². The summed E-state index contributed by atoms with van der Waals surface area (Å²) in [5, 5.41) is 19.4. The maximum Gasteiger partial charge on any atom is 0.207 e. The lowest BCUT2D eigenvalue weighted by Gasteiger charge is -2.28. The zero-order valence-electron chi connectivity index (χ0n) is 15.0. The third kappa shape index (κ3) is 3.93. The quantitative estimate of drug-likeness (QED) is 0.626. The number of rotatable bonds is 5. The van der Waals surface area contributed by atoms with Crippen molar-refractivity contribution >= 4 is 5.78 Å². The summed E-state index contributed by atoms with van der Waals surface area (Å²) in [7, 11) is 0. The molecule has 0 amide bonds. The Labute approximate surface area is 153 Å². The molecule has 136 valence electrons. The lowest BCUT2D eigenvalue weighted by atomic mass is 9.77. The Bertz CT molecular complexity index is 807. The lowest BCUT2D eigenvalue weighted by molar-refractivity contribution is 0.103. The molecule has 1 aliphatic carbocycles. The van der Waals surface area contributed by atoms with Crippen LogP contribution < -0.4 is 0 Å². The van der Waals surface area contributed by atoms with Gasteiger partial charge in [-0.3, -0.25) is 4.79 Å². The molecule has 1 saturated carbocycles. The summed E-state index contributed by atoms with van der Waals surface area (Å²) in [5.41, 5.74) is 1.75. The van der Waals surface area contributed by atoms with Crippen LogP contribution in [0.15, 0.2) is 36.9 Å². The molecule has 1 heterocycles. The fourth-order valence-electron chi connectivity index (χ4n) is 3.69. The van der Waals surface area contributed by atoms with Crippen molar-refractivity contribution in [3.8, 4) is 11.5 Å². The van der Waals surface area contributed by atoms with E-state index in [1.165, 1.54) is 5.56 Å². The number of ketones is 1. The van der Waals surface area contributed by atoms with Gasteiger partial charge in [-0.1, -0.05) is 18.7 Å². The molecular weight excluding hydrogens is 328 g/mol. The molecule has 2 N–H and O–H groups in total. The largest absolute Gasteiger partial charge is 0.508 e. The molecule has 0 bridgehead atoms. The Hall–Kier alpha value is -2.69. The topological polar surface area (TPSA) is 83.3 Å². The Kier molecular flexibility index (Phi) is 5.35. The number of aryl methyl sites for hydroxylation is 1. The minimum absolute atomic E-state index is 0.0419. The second kappa shape index (κ2) is 7.68. The van der Waals surface area contributed by atoms with E-state index in [1.54, 1.807) is 19.1 Å². The molecule has 5 nitrogen and oxygen atoms in total. The van der Waals surface area contributed by atoms with Crippen LogP contribution in [0.2, 0.25) is 0 Å². The summed E-state index contributed by atoms with van der Waals surface area (Å²) < 4.78 is 0. The summed E-state index contributed by atoms with van der Waals surface area (Å²) in [5.74, 6) is 1.36. The van der Waals surface area contributed by atoms with Crippen molar-refractivity contribution in [3.05, 3.63) is 59.7 Å². The lowest BCUT2D eigenvalue weighted by Crippen LogP contribution is -2.17. The Morgan fingerprint density at radius 1 is 1.15 bits per heavy atom. The molecule has 0 saturated heterocycles. The minimum Gasteiger partial charge on any atom is -0.508 e. The number of aromatic hydroxyl groups is 2. The smallest absolute Gasteiger partial charge is 0.207 e. The molecule has 2 aromatic rings. The van der Waals surface area contributed by atoms with Crippen molar-refractivity contribution in [2.75, 3.05) is 0 Å². The van der Waals surface area contributed by atoms with Gasteiger partial charge < -0.3 is 10.2 Å². The molecule has 26 heavy (non-hydrogen) atoms. The maximum atomic E-state index is 11.9. The van der Waals surface area contributed by atoms with Gasteiger partial charge >= 0.3 is 0 Å². The van der Waals surface area contributed by atoms with Gasteiger partial charge in [0.05, 0.1) is 5.69 Å². The number of aromatic nitrogens is 2. The molecule has 0 radical (unpaired) electrons. The number of carbonyl (C=O) groups is 1. The van der Waals surface area contributed by atoms with E-state index in [9.17, 15) is 15.0 Å². The van der Waals surface area contributed by atoms with Crippen LogP contribution in [0.5, 0.6) is 11.5 Å². The van der Waals surface area contributed by atoms with Crippen LogP contribution in [0.1, 0.15) is 59.2 Å². The van der Waals surface area contributed by atoms with E-state index in [1.807, 2.05) is 12.1 Å². The van der Waals surface area contributed by atoms with Crippen molar-refractivity contribution in [1.82, 2.24) is 9.97 Å². The molecule has 1 aliphatic rings. The van der Waals surface area contributed by atoms with E-state index < -0.39 is 0 Å². The van der Waals surface area contributed by atoms with Crippen molar-refractivity contribution in [2.45, 2.75) is 44.9 Å². The first-order valence-electron chi connectivity index (χ1n) is 9.00. The first kappa shape index (κ1) is 18.1. The predicted octanol–water partition coefficient (Wildman–Crippen LogP) is 4.08. The highest BCUT2D eigenvalue weighted by Crippen LogP contribution is 2.37. The predicted molar refractivity (Wildman–Crippen MR) is 99.5 cm³/mol. The monoisotopic (exact) mass is 352 g/mol. The van der Waals surface area contributed by atoms with Gasteiger partial charge in [0.2, 0.25) is 5.78 Å². The number of carbonyl (C=O) groups excluding carboxylic acids is 1. The number of allylic oxidation sites excluding steroid dienone is 1. The Morgan fingerprint density at radius 3 is 2.42 bits per heavy atom. The molecule has 0 unspecified atom stereocenters. The van der Waals surface area contributed by atoms with Gasteiger partial charge in [0.15, 0.2) is 11.4 Å². The second-order valence-corrected chi connectivity index (χ2v) is 7.00. The minimum atomic E-state index is -0.384. The van der Waals surface area contributed by atoms with Gasteiger partial charge in [-0.2, -0.15) is 0 Å². The first-order chi connectivity index (χ1) is 12.5. The standard InChI is InChI=1S/C21H24N2O3/c1-3-18(25)20-21(26)13(2)22-19(23-20)12-14-4-6-15(7-5-14)16-8-10-17(24)11-9-16/h3,8-11,14-15,24,26H,1,4-7,12H2,2H3. The van der Waals surface area contributed by atoms with Crippen LogP contribution in [0.3, 0.4) is 0 Å². The number of phenolic OH excluding ortho intramolecular Hbond substituents is 1. The summed E-state index contributed by atoms with van der Waals surface area (Å²) in [6.45, 7) is 5.14. The molecule has 0 atom stereocenters. The van der Waals surface area contributed by atoms with Gasteiger partial charge in [-0.25, -0.2) is 9.97 Å². The van der Waals surface area contributed by atoms with Crippen LogP contribution in [0, 0.1) is 12.8 Å². The number of phenols is 1. The fourth-order valence-corrected chi connectivity index (χ4v) is 3.69. The maximum absolute atomic E-state index is 11.9. The fraction of sp³-hybridized carbons (Fsp3) is 0.381. The highest BCUT2D eigenvalue weighted by Gasteiger charge is 2.24. The normalized spacial score (nSPS) is 19.9. The van der Waals surface area contributed by atoms with Crippen molar-refractivity contribution < 1.29 is 15.0 Å². The van der Waals surface area contributed by atoms with Gasteiger partial charge in [0.1, 0.15) is 11.6 Å². The summed E-state index contributed by atoms with van der Waals surface area (Å²) >= 11 is 0. The molecule has 3 rings (SSSR count). The summed E-state index contributed by atoms with van der Waals surface area (Å²) in [6, 6.07) is 7.49. The van der Waals surface area contributed by atoms with Gasteiger partial charge in [-0.15, -0.1) is 0 Å². The second-order valence-electron chi connectivity index (χ2n) is 7.00. The van der Waals surface area contributed by atoms with E-state index >= 15 is 0 Å². The average molecular weight is 352 g/mol.